The van der Waals surface area contributed by atoms with Crippen molar-refractivity contribution < 1.29 is 19.0 Å². The van der Waals surface area contributed by atoms with Gasteiger partial charge < -0.3 is 19.1 Å². The highest BCUT2D eigenvalue weighted by Crippen LogP contribution is 2.44. The van der Waals surface area contributed by atoms with Crippen molar-refractivity contribution in [2.24, 2.45) is 0 Å². The van der Waals surface area contributed by atoms with Crippen molar-refractivity contribution in [3.8, 4) is 11.5 Å². The van der Waals surface area contributed by atoms with Crippen LogP contribution in [0.3, 0.4) is 0 Å². The zero-order valence-electron chi connectivity index (χ0n) is 21.0. The molecule has 0 radical (unpaired) electrons. The minimum absolute atomic E-state index is 0.262. The number of amides is 1. The molecule has 1 unspecified atom stereocenters. The molecule has 5 nitrogen and oxygen atoms in total. The molecule has 1 aliphatic rings. The molecule has 5 rings (SSSR count). The number of benzene rings is 4. The Morgan fingerprint density at radius 3 is 1.94 bits per heavy atom. The number of likely N-dealkylation sites (tertiary alicyclic amines) is 1. The van der Waals surface area contributed by atoms with E-state index in [2.05, 4.69) is 24.3 Å². The van der Waals surface area contributed by atoms with Crippen LogP contribution < -0.4 is 9.47 Å². The first-order chi connectivity index (χ1) is 17.7. The number of piperidine rings is 1. The van der Waals surface area contributed by atoms with Gasteiger partial charge in [-0.2, -0.15) is 0 Å². The molecule has 1 aliphatic heterocycles. The quantitative estimate of drug-likeness (QED) is 0.255. The Balaban J connectivity index is 1.66. The molecular weight excluding hydrogens is 450 g/mol. The van der Waals surface area contributed by atoms with Crippen molar-refractivity contribution in [2.75, 3.05) is 26.3 Å². The van der Waals surface area contributed by atoms with Crippen LogP contribution in [-0.2, 0) is 4.74 Å². The maximum atomic E-state index is 13.2. The largest absolute Gasteiger partial charge is 0.493 e. The SMILES string of the molecule is CCOc1c2ccccc2c(OCC)c2cc(C(OC(=O)N3CCCCC3)c3ccccc3)ccc12. The third kappa shape index (κ3) is 4.70. The number of ether oxygens (including phenoxy) is 3. The number of rotatable bonds is 7. The lowest BCUT2D eigenvalue weighted by molar-refractivity contribution is 0.0716. The molecule has 4 aromatic carbocycles. The highest BCUT2D eigenvalue weighted by molar-refractivity contribution is 6.11. The average molecular weight is 484 g/mol. The van der Waals surface area contributed by atoms with Gasteiger partial charge >= 0.3 is 6.09 Å². The number of carbonyl (C=O) groups is 1. The van der Waals surface area contributed by atoms with E-state index in [4.69, 9.17) is 14.2 Å². The lowest BCUT2D eigenvalue weighted by Gasteiger charge is -2.29. The van der Waals surface area contributed by atoms with Gasteiger partial charge in [-0.1, -0.05) is 66.7 Å². The number of hydrogen-bond donors (Lipinski definition) is 0. The van der Waals surface area contributed by atoms with E-state index in [-0.39, 0.29) is 6.09 Å². The minimum atomic E-state index is -0.526. The van der Waals surface area contributed by atoms with E-state index in [0.717, 1.165) is 76.5 Å². The molecule has 0 N–H and O–H groups in total. The zero-order valence-corrected chi connectivity index (χ0v) is 21.0. The smallest absolute Gasteiger partial charge is 0.410 e. The Labute approximate surface area is 212 Å². The summed E-state index contributed by atoms with van der Waals surface area (Å²) in [6.45, 7) is 6.59. The molecule has 4 aromatic rings. The summed E-state index contributed by atoms with van der Waals surface area (Å²) in [5.41, 5.74) is 1.84. The second-order valence-electron chi connectivity index (χ2n) is 9.10. The predicted molar refractivity (Wildman–Crippen MR) is 144 cm³/mol. The van der Waals surface area contributed by atoms with Gasteiger partial charge in [0, 0.05) is 34.6 Å². The monoisotopic (exact) mass is 483 g/mol. The summed E-state index contributed by atoms with van der Waals surface area (Å²) in [6, 6.07) is 24.3. The Morgan fingerprint density at radius 2 is 1.31 bits per heavy atom. The molecule has 1 heterocycles. The molecule has 5 heteroatoms. The molecule has 1 saturated heterocycles. The molecule has 36 heavy (non-hydrogen) atoms. The average Bonchev–Trinajstić information content (AvgIpc) is 2.94. The van der Waals surface area contributed by atoms with Crippen molar-refractivity contribution in [3.05, 3.63) is 83.9 Å². The fraction of sp³-hybridized carbons (Fsp3) is 0.323. The lowest BCUT2D eigenvalue weighted by Crippen LogP contribution is -2.36. The molecule has 0 saturated carbocycles. The maximum absolute atomic E-state index is 13.2. The zero-order chi connectivity index (χ0) is 24.9. The third-order valence-electron chi connectivity index (χ3n) is 6.76. The third-order valence-corrected chi connectivity index (χ3v) is 6.76. The number of hydrogen-bond acceptors (Lipinski definition) is 4. The molecule has 0 spiro atoms. The van der Waals surface area contributed by atoms with E-state index in [9.17, 15) is 4.79 Å². The summed E-state index contributed by atoms with van der Waals surface area (Å²) >= 11 is 0. The second-order valence-corrected chi connectivity index (χ2v) is 9.10. The predicted octanol–water partition coefficient (Wildman–Crippen LogP) is 7.50. The maximum Gasteiger partial charge on any atom is 0.410 e. The highest BCUT2D eigenvalue weighted by Gasteiger charge is 2.25. The van der Waals surface area contributed by atoms with Crippen LogP contribution in [0.4, 0.5) is 4.79 Å². The Morgan fingerprint density at radius 1 is 0.722 bits per heavy atom. The van der Waals surface area contributed by atoms with E-state index >= 15 is 0 Å². The van der Waals surface area contributed by atoms with Gasteiger partial charge in [0.1, 0.15) is 11.5 Å². The van der Waals surface area contributed by atoms with E-state index in [1.807, 2.05) is 67.3 Å². The van der Waals surface area contributed by atoms with Crippen LogP contribution in [0.15, 0.2) is 72.8 Å². The van der Waals surface area contributed by atoms with E-state index < -0.39 is 6.10 Å². The molecule has 0 aliphatic carbocycles. The lowest BCUT2D eigenvalue weighted by atomic mass is 9.95. The topological polar surface area (TPSA) is 48.0 Å². The molecular formula is C31H33NO4. The first-order valence-corrected chi connectivity index (χ1v) is 13.0. The molecule has 186 valence electrons. The van der Waals surface area contributed by atoms with Crippen LogP contribution in [0, 0.1) is 0 Å². The Bertz CT molecular complexity index is 1350. The first kappa shape index (κ1) is 24.0. The van der Waals surface area contributed by atoms with Crippen LogP contribution in [0.5, 0.6) is 11.5 Å². The van der Waals surface area contributed by atoms with Gasteiger partial charge in [-0.3, -0.25) is 0 Å². The summed E-state index contributed by atoms with van der Waals surface area (Å²) in [4.78, 5) is 15.0. The molecule has 1 fully saturated rings. The van der Waals surface area contributed by atoms with Gasteiger partial charge in [0.05, 0.1) is 13.2 Å². The van der Waals surface area contributed by atoms with Gasteiger partial charge in [0.2, 0.25) is 0 Å². The highest BCUT2D eigenvalue weighted by atomic mass is 16.6. The van der Waals surface area contributed by atoms with Gasteiger partial charge in [-0.05, 0) is 50.3 Å². The van der Waals surface area contributed by atoms with Crippen molar-refractivity contribution in [3.63, 3.8) is 0 Å². The van der Waals surface area contributed by atoms with E-state index in [0.29, 0.717) is 13.2 Å². The fourth-order valence-corrected chi connectivity index (χ4v) is 5.09. The van der Waals surface area contributed by atoms with Crippen LogP contribution >= 0.6 is 0 Å². The van der Waals surface area contributed by atoms with E-state index in [1.165, 1.54) is 0 Å². The molecule has 0 aromatic heterocycles. The van der Waals surface area contributed by atoms with Gasteiger partial charge in [-0.25, -0.2) is 4.79 Å². The van der Waals surface area contributed by atoms with Crippen LogP contribution in [0.25, 0.3) is 21.5 Å². The summed E-state index contributed by atoms with van der Waals surface area (Å²) in [5.74, 6) is 1.67. The van der Waals surface area contributed by atoms with Gasteiger partial charge in [0.15, 0.2) is 6.10 Å². The van der Waals surface area contributed by atoms with Crippen molar-refractivity contribution >= 4 is 27.6 Å². The normalized spacial score (nSPS) is 14.6. The van der Waals surface area contributed by atoms with Gasteiger partial charge in [-0.15, -0.1) is 0 Å². The number of nitrogens with zero attached hydrogens (tertiary/aromatic N) is 1. The summed E-state index contributed by atoms with van der Waals surface area (Å²) < 4.78 is 18.5. The van der Waals surface area contributed by atoms with Gasteiger partial charge in [0.25, 0.3) is 0 Å². The number of fused-ring (bicyclic) bond motifs is 2. The first-order valence-electron chi connectivity index (χ1n) is 13.0. The van der Waals surface area contributed by atoms with Crippen LogP contribution in [0.1, 0.15) is 50.3 Å². The van der Waals surface area contributed by atoms with Crippen LogP contribution in [0.2, 0.25) is 0 Å². The number of carbonyl (C=O) groups excluding carboxylic acids is 1. The fourth-order valence-electron chi connectivity index (χ4n) is 5.09. The summed E-state index contributed by atoms with van der Waals surface area (Å²) in [5, 5.41) is 3.97. The van der Waals surface area contributed by atoms with Crippen molar-refractivity contribution in [1.82, 2.24) is 4.90 Å². The van der Waals surface area contributed by atoms with Crippen molar-refractivity contribution in [2.45, 2.75) is 39.2 Å². The molecule has 1 amide bonds. The van der Waals surface area contributed by atoms with Crippen LogP contribution in [-0.4, -0.2) is 37.3 Å². The Kier molecular flexibility index (Phi) is 7.26. The molecule has 0 bridgehead atoms. The van der Waals surface area contributed by atoms with Crippen molar-refractivity contribution in [1.29, 1.82) is 0 Å². The summed E-state index contributed by atoms with van der Waals surface area (Å²) in [6.07, 6.45) is 2.41. The second kappa shape index (κ2) is 10.9. The Hall–Kier alpha value is -3.73. The van der Waals surface area contributed by atoms with E-state index in [1.54, 1.807) is 0 Å². The minimum Gasteiger partial charge on any atom is -0.493 e. The summed E-state index contributed by atoms with van der Waals surface area (Å²) in [7, 11) is 0. The molecule has 1 atom stereocenters. The standard InChI is InChI=1S/C31H33NO4/c1-3-34-29-24-15-9-10-16-25(24)30(35-4-2)27-21-23(17-18-26(27)29)28(22-13-7-5-8-14-22)36-31(33)32-19-11-6-12-20-32/h5,7-10,13-18,21,28H,3-4,6,11-12,19-20H2,1-2H3.